The van der Waals surface area contributed by atoms with E-state index < -0.39 is 10.0 Å². The van der Waals surface area contributed by atoms with Gasteiger partial charge in [-0.25, -0.2) is 8.42 Å². The van der Waals surface area contributed by atoms with E-state index in [2.05, 4.69) is 10.0 Å². The van der Waals surface area contributed by atoms with Crippen LogP contribution in [-0.4, -0.2) is 27.5 Å². The Bertz CT molecular complexity index is 898. The lowest BCUT2D eigenvalue weighted by molar-refractivity contribution is 0.0938. The summed E-state index contributed by atoms with van der Waals surface area (Å²) >= 11 is 6.19. The fourth-order valence-electron chi connectivity index (χ4n) is 2.54. The fourth-order valence-corrected chi connectivity index (χ4v) is 3.85. The van der Waals surface area contributed by atoms with Crippen LogP contribution in [0.5, 0.6) is 5.75 Å². The molecule has 2 N–H and O–H groups in total. The number of amides is 1. The van der Waals surface area contributed by atoms with Gasteiger partial charge in [-0.15, -0.1) is 0 Å². The molecule has 0 unspecified atom stereocenters. The van der Waals surface area contributed by atoms with Gasteiger partial charge in [-0.05, 0) is 55.8 Å². The number of ether oxygens (including phenoxy) is 1. The summed E-state index contributed by atoms with van der Waals surface area (Å²) in [5.74, 6) is 0.273. The van der Waals surface area contributed by atoms with Crippen molar-refractivity contribution in [2.24, 2.45) is 0 Å². The van der Waals surface area contributed by atoms with E-state index in [0.29, 0.717) is 11.3 Å². The molecule has 27 heavy (non-hydrogen) atoms. The largest absolute Gasteiger partial charge is 0.497 e. The van der Waals surface area contributed by atoms with Gasteiger partial charge in [0, 0.05) is 6.04 Å². The van der Waals surface area contributed by atoms with Gasteiger partial charge in [-0.3, -0.25) is 9.52 Å². The molecule has 6 nitrogen and oxygen atoms in total. The Morgan fingerprint density at radius 1 is 1.19 bits per heavy atom. The van der Waals surface area contributed by atoms with Gasteiger partial charge >= 0.3 is 0 Å². The smallest absolute Gasteiger partial charge is 0.261 e. The summed E-state index contributed by atoms with van der Waals surface area (Å²) in [6.07, 6.45) is 1.82. The van der Waals surface area contributed by atoms with Crippen molar-refractivity contribution in [3.05, 3.63) is 53.1 Å². The van der Waals surface area contributed by atoms with E-state index in [1.165, 1.54) is 37.4 Å². The number of sulfonamides is 1. The fraction of sp³-hybridized carbons (Fsp3) is 0.316. The molecule has 2 aromatic carbocycles. The molecule has 0 heterocycles. The number of rotatable bonds is 8. The van der Waals surface area contributed by atoms with Crippen molar-refractivity contribution in [1.82, 2.24) is 5.32 Å². The third kappa shape index (κ3) is 5.61. The van der Waals surface area contributed by atoms with Crippen LogP contribution in [0.25, 0.3) is 0 Å². The Hall–Kier alpha value is -2.25. The highest BCUT2D eigenvalue weighted by Crippen LogP contribution is 2.24. The van der Waals surface area contributed by atoms with E-state index in [1.807, 2.05) is 13.8 Å². The minimum Gasteiger partial charge on any atom is -0.497 e. The summed E-state index contributed by atoms with van der Waals surface area (Å²) in [6, 6.07) is 10.5. The molecule has 0 spiro atoms. The van der Waals surface area contributed by atoms with Gasteiger partial charge in [0.25, 0.3) is 15.9 Å². The SMILES string of the molecule is CCC[C@@H](C)NC(=O)c1ccc(NS(=O)(=O)c2ccc(OC)cc2)cc1Cl. The van der Waals surface area contributed by atoms with Crippen molar-refractivity contribution in [2.75, 3.05) is 11.8 Å². The van der Waals surface area contributed by atoms with Crippen molar-refractivity contribution in [3.63, 3.8) is 0 Å². The average molecular weight is 411 g/mol. The van der Waals surface area contributed by atoms with Crippen LogP contribution in [0, 0.1) is 0 Å². The van der Waals surface area contributed by atoms with E-state index in [-0.39, 0.29) is 27.6 Å². The monoisotopic (exact) mass is 410 g/mol. The summed E-state index contributed by atoms with van der Waals surface area (Å²) in [7, 11) is -2.27. The average Bonchev–Trinajstić information content (AvgIpc) is 2.61. The summed E-state index contributed by atoms with van der Waals surface area (Å²) in [6.45, 7) is 3.96. The van der Waals surface area contributed by atoms with Crippen LogP contribution in [0.2, 0.25) is 5.02 Å². The molecule has 2 rings (SSSR count). The van der Waals surface area contributed by atoms with Crippen molar-refractivity contribution in [2.45, 2.75) is 37.6 Å². The molecule has 0 aromatic heterocycles. The van der Waals surface area contributed by atoms with E-state index in [0.717, 1.165) is 12.8 Å². The highest BCUT2D eigenvalue weighted by Gasteiger charge is 2.17. The number of halogens is 1. The molecular weight excluding hydrogens is 388 g/mol. The Labute approximate surface area is 164 Å². The van der Waals surface area contributed by atoms with Crippen LogP contribution in [-0.2, 0) is 10.0 Å². The normalized spacial score (nSPS) is 12.3. The van der Waals surface area contributed by atoms with E-state index in [1.54, 1.807) is 12.1 Å². The topological polar surface area (TPSA) is 84.5 Å². The molecular formula is C19H23ClN2O4S. The summed E-state index contributed by atoms with van der Waals surface area (Å²) in [5.41, 5.74) is 0.570. The molecule has 0 radical (unpaired) electrons. The molecule has 0 saturated carbocycles. The first-order valence-electron chi connectivity index (χ1n) is 8.54. The second-order valence-corrected chi connectivity index (χ2v) is 8.23. The Balaban J connectivity index is 2.15. The number of carbonyl (C=O) groups is 1. The number of methoxy groups -OCH3 is 1. The predicted octanol–water partition coefficient (Wildman–Crippen LogP) is 4.07. The van der Waals surface area contributed by atoms with E-state index in [9.17, 15) is 13.2 Å². The third-order valence-corrected chi connectivity index (χ3v) is 5.64. The molecule has 2 aromatic rings. The predicted molar refractivity (Wildman–Crippen MR) is 107 cm³/mol. The highest BCUT2D eigenvalue weighted by atomic mass is 35.5. The second-order valence-electron chi connectivity index (χ2n) is 6.14. The maximum absolute atomic E-state index is 12.5. The van der Waals surface area contributed by atoms with Crippen LogP contribution in [0.15, 0.2) is 47.4 Å². The zero-order valence-electron chi connectivity index (χ0n) is 15.5. The standard InChI is InChI=1S/C19H23ClN2O4S/c1-4-5-13(2)21-19(23)17-11-6-14(12-18(17)20)22-27(24,25)16-9-7-15(26-3)8-10-16/h6-13,22H,4-5H2,1-3H3,(H,21,23)/t13-/m1/s1. The maximum atomic E-state index is 12.5. The third-order valence-electron chi connectivity index (χ3n) is 3.93. The van der Waals surface area contributed by atoms with Crippen LogP contribution >= 0.6 is 11.6 Å². The molecule has 0 saturated heterocycles. The summed E-state index contributed by atoms with van der Waals surface area (Å²) in [4.78, 5) is 12.4. The van der Waals surface area contributed by atoms with Gasteiger partial charge in [-0.1, -0.05) is 24.9 Å². The lowest BCUT2D eigenvalue weighted by Crippen LogP contribution is -2.32. The second kappa shape index (κ2) is 9.10. The van der Waals surface area contributed by atoms with Crippen LogP contribution in [0.4, 0.5) is 5.69 Å². The lowest BCUT2D eigenvalue weighted by atomic mass is 10.1. The molecule has 0 aliphatic heterocycles. The Morgan fingerprint density at radius 3 is 2.41 bits per heavy atom. The summed E-state index contributed by atoms with van der Waals surface area (Å²) < 4.78 is 32.4. The van der Waals surface area contributed by atoms with Gasteiger partial charge in [0.15, 0.2) is 0 Å². The zero-order valence-corrected chi connectivity index (χ0v) is 17.0. The number of hydrogen-bond donors (Lipinski definition) is 2. The van der Waals surface area contributed by atoms with Gasteiger partial charge in [-0.2, -0.15) is 0 Å². The van der Waals surface area contributed by atoms with Crippen molar-refractivity contribution in [3.8, 4) is 5.75 Å². The minimum absolute atomic E-state index is 0.0341. The lowest BCUT2D eigenvalue weighted by Gasteiger charge is -2.14. The van der Waals surface area contributed by atoms with Gasteiger partial charge in [0.1, 0.15) is 5.75 Å². The molecule has 0 fully saturated rings. The number of hydrogen-bond acceptors (Lipinski definition) is 4. The van der Waals surface area contributed by atoms with Crippen LogP contribution in [0.3, 0.4) is 0 Å². The molecule has 1 amide bonds. The van der Waals surface area contributed by atoms with E-state index in [4.69, 9.17) is 16.3 Å². The molecule has 0 aliphatic rings. The summed E-state index contributed by atoms with van der Waals surface area (Å²) in [5, 5.41) is 3.04. The van der Waals surface area contributed by atoms with Crippen LogP contribution < -0.4 is 14.8 Å². The minimum atomic E-state index is -3.78. The number of nitrogens with one attached hydrogen (secondary N) is 2. The zero-order chi connectivity index (χ0) is 20.0. The molecule has 8 heteroatoms. The van der Waals surface area contributed by atoms with Crippen molar-refractivity contribution >= 4 is 33.2 Å². The van der Waals surface area contributed by atoms with Gasteiger partial charge in [0.05, 0.1) is 28.3 Å². The molecule has 146 valence electrons. The van der Waals surface area contributed by atoms with Crippen molar-refractivity contribution in [1.29, 1.82) is 0 Å². The quantitative estimate of drug-likeness (QED) is 0.687. The number of benzene rings is 2. The first-order valence-corrected chi connectivity index (χ1v) is 10.4. The van der Waals surface area contributed by atoms with Gasteiger partial charge < -0.3 is 10.1 Å². The first kappa shape index (κ1) is 21.1. The molecule has 0 aliphatic carbocycles. The highest BCUT2D eigenvalue weighted by molar-refractivity contribution is 7.92. The number of anilines is 1. The first-order chi connectivity index (χ1) is 12.8. The van der Waals surface area contributed by atoms with Gasteiger partial charge in [0.2, 0.25) is 0 Å². The Morgan fingerprint density at radius 2 is 1.85 bits per heavy atom. The molecule has 1 atom stereocenters. The maximum Gasteiger partial charge on any atom is 0.261 e. The number of carbonyl (C=O) groups excluding carboxylic acids is 1. The Kier molecular flexibility index (Phi) is 7.10. The van der Waals surface area contributed by atoms with Crippen molar-refractivity contribution < 1.29 is 17.9 Å². The van der Waals surface area contributed by atoms with E-state index >= 15 is 0 Å². The molecule has 0 bridgehead atoms. The van der Waals surface area contributed by atoms with Crippen LogP contribution in [0.1, 0.15) is 37.0 Å².